The number of amides is 3. The molecule has 5 heteroatoms. The highest BCUT2D eigenvalue weighted by Crippen LogP contribution is 2.38. The van der Waals surface area contributed by atoms with E-state index in [4.69, 9.17) is 0 Å². The number of aryl methyl sites for hydroxylation is 1. The van der Waals surface area contributed by atoms with E-state index in [0.717, 1.165) is 43.5 Å². The molecule has 0 spiro atoms. The SMILES string of the molecule is O=C(C1CC1)N1CCCc2cc(N3C(=O)c4ccccc4C3=O)ccc21. The molecule has 0 radical (unpaired) electrons. The van der Waals surface area contributed by atoms with Crippen LogP contribution in [0.2, 0.25) is 0 Å². The number of hydrogen-bond donors (Lipinski definition) is 0. The molecular formula is C21H18N2O3. The molecule has 2 aromatic carbocycles. The Balaban J connectivity index is 1.51. The Morgan fingerprint density at radius 1 is 0.962 bits per heavy atom. The second-order valence-corrected chi connectivity index (χ2v) is 7.17. The summed E-state index contributed by atoms with van der Waals surface area (Å²) in [5, 5.41) is 0. The smallest absolute Gasteiger partial charge is 0.266 e. The minimum atomic E-state index is -0.285. The number of fused-ring (bicyclic) bond motifs is 2. The van der Waals surface area contributed by atoms with E-state index in [1.54, 1.807) is 30.3 Å². The highest BCUT2D eigenvalue weighted by atomic mass is 16.2. The molecule has 130 valence electrons. The summed E-state index contributed by atoms with van der Waals surface area (Å²) in [4.78, 5) is 41.0. The van der Waals surface area contributed by atoms with Crippen molar-refractivity contribution in [1.82, 2.24) is 0 Å². The van der Waals surface area contributed by atoms with Gasteiger partial charge in [-0.15, -0.1) is 0 Å². The monoisotopic (exact) mass is 346 g/mol. The molecule has 2 aromatic rings. The first-order valence-electron chi connectivity index (χ1n) is 9.07. The van der Waals surface area contributed by atoms with Crippen molar-refractivity contribution in [3.8, 4) is 0 Å². The molecule has 3 aliphatic rings. The highest BCUT2D eigenvalue weighted by Gasteiger charge is 2.38. The third-order valence-electron chi connectivity index (χ3n) is 5.43. The Labute approximate surface area is 151 Å². The van der Waals surface area contributed by atoms with Gasteiger partial charge in [-0.25, -0.2) is 4.90 Å². The van der Waals surface area contributed by atoms with Gasteiger partial charge >= 0.3 is 0 Å². The van der Waals surface area contributed by atoms with Gasteiger partial charge < -0.3 is 4.90 Å². The van der Waals surface area contributed by atoms with Crippen LogP contribution < -0.4 is 9.80 Å². The predicted molar refractivity (Wildman–Crippen MR) is 97.4 cm³/mol. The first-order chi connectivity index (χ1) is 12.6. The molecule has 0 aromatic heterocycles. The number of carbonyl (C=O) groups excluding carboxylic acids is 3. The van der Waals surface area contributed by atoms with Crippen molar-refractivity contribution in [1.29, 1.82) is 0 Å². The van der Waals surface area contributed by atoms with Crippen LogP contribution >= 0.6 is 0 Å². The fourth-order valence-electron chi connectivity index (χ4n) is 3.93. The van der Waals surface area contributed by atoms with Crippen LogP contribution in [0.25, 0.3) is 0 Å². The van der Waals surface area contributed by atoms with Gasteiger partial charge in [-0.1, -0.05) is 12.1 Å². The average Bonchev–Trinajstić information content (AvgIpc) is 3.48. The number of hydrogen-bond acceptors (Lipinski definition) is 3. The zero-order valence-corrected chi connectivity index (χ0v) is 14.3. The molecule has 3 amide bonds. The maximum Gasteiger partial charge on any atom is 0.266 e. The molecular weight excluding hydrogens is 328 g/mol. The fourth-order valence-corrected chi connectivity index (χ4v) is 3.93. The zero-order chi connectivity index (χ0) is 17.8. The molecule has 1 fully saturated rings. The van der Waals surface area contributed by atoms with Gasteiger partial charge in [0.15, 0.2) is 0 Å². The minimum Gasteiger partial charge on any atom is -0.312 e. The number of benzene rings is 2. The number of rotatable bonds is 2. The standard InChI is InChI=1S/C21H18N2O3/c24-19(13-7-8-13)22-11-3-4-14-12-15(9-10-18(14)22)23-20(25)16-5-1-2-6-17(16)21(23)26/h1-2,5-6,9-10,12-13H,3-4,7-8,11H2. The van der Waals surface area contributed by atoms with Crippen LogP contribution in [0, 0.1) is 5.92 Å². The van der Waals surface area contributed by atoms with Gasteiger partial charge in [0.25, 0.3) is 11.8 Å². The van der Waals surface area contributed by atoms with E-state index in [0.29, 0.717) is 16.8 Å². The van der Waals surface area contributed by atoms with E-state index in [1.807, 2.05) is 17.0 Å². The highest BCUT2D eigenvalue weighted by molar-refractivity contribution is 6.34. The van der Waals surface area contributed by atoms with Crippen molar-refractivity contribution >= 4 is 29.1 Å². The van der Waals surface area contributed by atoms with Crippen LogP contribution in [0.15, 0.2) is 42.5 Å². The van der Waals surface area contributed by atoms with Gasteiger partial charge in [-0.3, -0.25) is 14.4 Å². The molecule has 1 saturated carbocycles. The van der Waals surface area contributed by atoms with Gasteiger partial charge in [0.1, 0.15) is 0 Å². The van der Waals surface area contributed by atoms with E-state index in [2.05, 4.69) is 0 Å². The van der Waals surface area contributed by atoms with Gasteiger partial charge in [-0.05, 0) is 61.6 Å². The minimum absolute atomic E-state index is 0.178. The zero-order valence-electron chi connectivity index (χ0n) is 14.3. The maximum atomic E-state index is 12.7. The summed E-state index contributed by atoms with van der Waals surface area (Å²) >= 11 is 0. The predicted octanol–water partition coefficient (Wildman–Crippen LogP) is 3.18. The molecule has 5 rings (SSSR count). The quantitative estimate of drug-likeness (QED) is 0.785. The Hall–Kier alpha value is -2.95. The lowest BCUT2D eigenvalue weighted by Crippen LogP contribution is -2.37. The van der Waals surface area contributed by atoms with Crippen molar-refractivity contribution in [2.24, 2.45) is 5.92 Å². The van der Waals surface area contributed by atoms with Crippen LogP contribution in [-0.2, 0) is 11.2 Å². The molecule has 2 heterocycles. The van der Waals surface area contributed by atoms with E-state index in [1.165, 1.54) is 4.90 Å². The number of anilines is 2. The van der Waals surface area contributed by atoms with Crippen LogP contribution in [0.4, 0.5) is 11.4 Å². The third kappa shape index (κ3) is 2.20. The summed E-state index contributed by atoms with van der Waals surface area (Å²) < 4.78 is 0. The molecule has 0 saturated heterocycles. The van der Waals surface area contributed by atoms with Crippen LogP contribution in [-0.4, -0.2) is 24.3 Å². The van der Waals surface area contributed by atoms with E-state index < -0.39 is 0 Å². The Morgan fingerprint density at radius 2 is 1.65 bits per heavy atom. The molecule has 2 aliphatic heterocycles. The molecule has 0 atom stereocenters. The average molecular weight is 346 g/mol. The summed E-state index contributed by atoms with van der Waals surface area (Å²) in [5.74, 6) is -0.184. The summed E-state index contributed by atoms with van der Waals surface area (Å²) in [6.45, 7) is 0.745. The topological polar surface area (TPSA) is 57.7 Å². The molecule has 1 aliphatic carbocycles. The van der Waals surface area contributed by atoms with Gasteiger partial charge in [0.2, 0.25) is 5.91 Å². The Kier molecular flexibility index (Phi) is 3.26. The molecule has 0 bridgehead atoms. The molecule has 26 heavy (non-hydrogen) atoms. The lowest BCUT2D eigenvalue weighted by atomic mass is 10.00. The van der Waals surface area contributed by atoms with Crippen molar-refractivity contribution in [2.45, 2.75) is 25.7 Å². The lowest BCUT2D eigenvalue weighted by molar-refractivity contribution is -0.119. The second-order valence-electron chi connectivity index (χ2n) is 7.17. The van der Waals surface area contributed by atoms with E-state index >= 15 is 0 Å². The molecule has 5 nitrogen and oxygen atoms in total. The fraction of sp³-hybridized carbons (Fsp3) is 0.286. The van der Waals surface area contributed by atoms with Crippen molar-refractivity contribution in [3.05, 3.63) is 59.2 Å². The number of nitrogens with zero attached hydrogens (tertiary/aromatic N) is 2. The largest absolute Gasteiger partial charge is 0.312 e. The second kappa shape index (κ2) is 5.53. The normalized spacial score (nSPS) is 18.8. The summed E-state index contributed by atoms with van der Waals surface area (Å²) in [7, 11) is 0. The van der Waals surface area contributed by atoms with Crippen LogP contribution in [0.3, 0.4) is 0 Å². The lowest BCUT2D eigenvalue weighted by Gasteiger charge is -2.30. The van der Waals surface area contributed by atoms with E-state index in [-0.39, 0.29) is 23.6 Å². The summed E-state index contributed by atoms with van der Waals surface area (Å²) in [6.07, 6.45) is 3.72. The molecule has 0 N–H and O–H groups in total. The summed E-state index contributed by atoms with van der Waals surface area (Å²) in [5.41, 5.74) is 3.42. The first-order valence-corrected chi connectivity index (χ1v) is 9.07. The number of imide groups is 1. The third-order valence-corrected chi connectivity index (χ3v) is 5.43. The van der Waals surface area contributed by atoms with Crippen molar-refractivity contribution in [3.63, 3.8) is 0 Å². The van der Waals surface area contributed by atoms with Gasteiger partial charge in [0.05, 0.1) is 16.8 Å². The Bertz CT molecular complexity index is 926. The van der Waals surface area contributed by atoms with Crippen LogP contribution in [0.1, 0.15) is 45.5 Å². The summed E-state index contributed by atoms with van der Waals surface area (Å²) in [6, 6.07) is 12.5. The molecule has 0 unspecified atom stereocenters. The van der Waals surface area contributed by atoms with Gasteiger partial charge in [-0.2, -0.15) is 0 Å². The Morgan fingerprint density at radius 3 is 2.31 bits per heavy atom. The van der Waals surface area contributed by atoms with Crippen molar-refractivity contribution < 1.29 is 14.4 Å². The van der Waals surface area contributed by atoms with E-state index in [9.17, 15) is 14.4 Å². The van der Waals surface area contributed by atoms with Crippen molar-refractivity contribution in [2.75, 3.05) is 16.3 Å². The van der Waals surface area contributed by atoms with Crippen LogP contribution in [0.5, 0.6) is 0 Å². The maximum absolute atomic E-state index is 12.7. The first kappa shape index (κ1) is 15.3. The number of carbonyl (C=O) groups is 3. The van der Waals surface area contributed by atoms with Gasteiger partial charge in [0, 0.05) is 18.2 Å².